The third-order valence-electron chi connectivity index (χ3n) is 4.37. The minimum absolute atomic E-state index is 0.0634. The van der Waals surface area contributed by atoms with Gasteiger partial charge in [0.25, 0.3) is 0 Å². The summed E-state index contributed by atoms with van der Waals surface area (Å²) >= 11 is 0. The number of furan rings is 1. The Morgan fingerprint density at radius 1 is 1.36 bits per heavy atom. The molecule has 28 heavy (non-hydrogen) atoms. The first kappa shape index (κ1) is 19.2. The van der Waals surface area contributed by atoms with E-state index in [2.05, 4.69) is 16.6 Å². The van der Waals surface area contributed by atoms with Gasteiger partial charge in [0.05, 0.1) is 6.26 Å². The number of rotatable bonds is 7. The maximum atomic E-state index is 12.3. The van der Waals surface area contributed by atoms with Gasteiger partial charge >= 0.3 is 5.97 Å². The average molecular weight is 379 g/mol. The van der Waals surface area contributed by atoms with Crippen LogP contribution in [0.15, 0.2) is 45.0 Å². The molecule has 3 rings (SSSR count). The Bertz CT molecular complexity index is 1030. The standard InChI is InChI=1S/C21H21N3O4/c1-4-7-24-14(2)9-16(15(24)3)10-17(12-22)21(25)27-13-18-11-20(28-23-18)19-6-5-8-26-19/h5-6,8-11H,4,7,13H2,1-3H3/b17-10+. The van der Waals surface area contributed by atoms with Gasteiger partial charge in [-0.2, -0.15) is 5.26 Å². The molecule has 0 saturated heterocycles. The Balaban J connectivity index is 1.70. The van der Waals surface area contributed by atoms with Gasteiger partial charge in [-0.05, 0) is 50.1 Å². The van der Waals surface area contributed by atoms with Gasteiger partial charge in [-0.1, -0.05) is 12.1 Å². The van der Waals surface area contributed by atoms with E-state index in [1.165, 1.54) is 6.26 Å². The van der Waals surface area contributed by atoms with Gasteiger partial charge in [-0.25, -0.2) is 4.79 Å². The highest BCUT2D eigenvalue weighted by molar-refractivity contribution is 5.98. The third-order valence-corrected chi connectivity index (χ3v) is 4.37. The molecule has 0 radical (unpaired) electrons. The lowest BCUT2D eigenvalue weighted by atomic mass is 10.1. The molecule has 0 amide bonds. The molecule has 0 aliphatic heterocycles. The predicted octanol–water partition coefficient (Wildman–Crippen LogP) is 4.41. The zero-order valence-corrected chi connectivity index (χ0v) is 16.1. The molecule has 0 spiro atoms. The van der Waals surface area contributed by atoms with Gasteiger partial charge in [0.15, 0.2) is 5.76 Å². The summed E-state index contributed by atoms with van der Waals surface area (Å²) in [4.78, 5) is 12.3. The Kier molecular flexibility index (Phi) is 5.80. The van der Waals surface area contributed by atoms with Crippen LogP contribution in [0.1, 0.15) is 36.0 Å². The quantitative estimate of drug-likeness (QED) is 0.343. The van der Waals surface area contributed by atoms with Crippen molar-refractivity contribution in [1.29, 1.82) is 5.26 Å². The molecule has 3 heterocycles. The van der Waals surface area contributed by atoms with Gasteiger partial charge in [0, 0.05) is 24.0 Å². The van der Waals surface area contributed by atoms with Crippen molar-refractivity contribution in [3.63, 3.8) is 0 Å². The van der Waals surface area contributed by atoms with Crippen LogP contribution in [0.3, 0.4) is 0 Å². The maximum Gasteiger partial charge on any atom is 0.349 e. The molecular weight excluding hydrogens is 358 g/mol. The highest BCUT2D eigenvalue weighted by atomic mass is 16.5. The number of hydrogen-bond donors (Lipinski definition) is 0. The van der Waals surface area contributed by atoms with Crippen molar-refractivity contribution in [2.75, 3.05) is 0 Å². The summed E-state index contributed by atoms with van der Waals surface area (Å²) in [7, 11) is 0. The van der Waals surface area contributed by atoms with Crippen LogP contribution in [-0.2, 0) is 22.7 Å². The van der Waals surface area contributed by atoms with Crippen LogP contribution in [-0.4, -0.2) is 15.7 Å². The molecule has 0 aliphatic carbocycles. The lowest BCUT2D eigenvalue weighted by Crippen LogP contribution is -2.07. The van der Waals surface area contributed by atoms with Crippen molar-refractivity contribution in [1.82, 2.24) is 9.72 Å². The topological polar surface area (TPSA) is 94.2 Å². The molecule has 0 N–H and O–H groups in total. The predicted molar refractivity (Wildman–Crippen MR) is 102 cm³/mol. The lowest BCUT2D eigenvalue weighted by molar-refractivity contribution is -0.139. The van der Waals surface area contributed by atoms with Gasteiger partial charge in [0.1, 0.15) is 23.9 Å². The minimum Gasteiger partial charge on any atom is -0.461 e. The van der Waals surface area contributed by atoms with Crippen molar-refractivity contribution in [3.8, 4) is 17.6 Å². The molecule has 0 aromatic carbocycles. The second-order valence-electron chi connectivity index (χ2n) is 6.38. The Morgan fingerprint density at radius 3 is 2.86 bits per heavy atom. The second-order valence-corrected chi connectivity index (χ2v) is 6.38. The van der Waals surface area contributed by atoms with Gasteiger partial charge in [0.2, 0.25) is 5.76 Å². The first-order valence-electron chi connectivity index (χ1n) is 8.98. The molecule has 3 aromatic rings. The van der Waals surface area contributed by atoms with E-state index in [1.807, 2.05) is 26.0 Å². The van der Waals surface area contributed by atoms with Crippen molar-refractivity contribution in [2.24, 2.45) is 0 Å². The van der Waals surface area contributed by atoms with Crippen LogP contribution >= 0.6 is 0 Å². The zero-order chi connectivity index (χ0) is 20.1. The van der Waals surface area contributed by atoms with E-state index in [0.29, 0.717) is 17.2 Å². The molecule has 144 valence electrons. The number of hydrogen-bond acceptors (Lipinski definition) is 6. The summed E-state index contributed by atoms with van der Waals surface area (Å²) in [6, 6.07) is 8.98. The molecule has 0 bridgehead atoms. The van der Waals surface area contributed by atoms with Crippen LogP contribution in [0.4, 0.5) is 0 Å². The normalized spacial score (nSPS) is 11.4. The fourth-order valence-corrected chi connectivity index (χ4v) is 2.97. The zero-order valence-electron chi connectivity index (χ0n) is 16.1. The number of aryl methyl sites for hydroxylation is 1. The van der Waals surface area contributed by atoms with Gasteiger partial charge in [-0.15, -0.1) is 0 Å². The molecule has 0 atom stereocenters. The fourth-order valence-electron chi connectivity index (χ4n) is 2.97. The van der Waals surface area contributed by atoms with Crippen molar-refractivity contribution >= 4 is 12.0 Å². The number of ether oxygens (including phenoxy) is 1. The highest BCUT2D eigenvalue weighted by Crippen LogP contribution is 2.22. The molecule has 0 aliphatic rings. The van der Waals surface area contributed by atoms with Crippen molar-refractivity contribution in [3.05, 3.63) is 58.7 Å². The van der Waals surface area contributed by atoms with Crippen LogP contribution < -0.4 is 0 Å². The van der Waals surface area contributed by atoms with Gasteiger partial charge in [-0.3, -0.25) is 0 Å². The van der Waals surface area contributed by atoms with E-state index in [-0.39, 0.29) is 12.2 Å². The third kappa shape index (κ3) is 4.07. The second kappa shape index (κ2) is 8.44. The smallest absolute Gasteiger partial charge is 0.349 e. The summed E-state index contributed by atoms with van der Waals surface area (Å²) < 4.78 is 17.8. The largest absolute Gasteiger partial charge is 0.461 e. The minimum atomic E-state index is -0.703. The molecule has 0 saturated carbocycles. The Labute approximate surface area is 162 Å². The number of esters is 1. The number of nitriles is 1. The first-order chi connectivity index (χ1) is 13.5. The maximum absolute atomic E-state index is 12.3. The van der Waals surface area contributed by atoms with Crippen LogP contribution in [0.5, 0.6) is 0 Å². The summed E-state index contributed by atoms with van der Waals surface area (Å²) in [5, 5.41) is 13.2. The van der Waals surface area contributed by atoms with Crippen molar-refractivity contribution in [2.45, 2.75) is 40.3 Å². The lowest BCUT2D eigenvalue weighted by Gasteiger charge is -2.07. The molecule has 0 unspecified atom stereocenters. The Hall–Kier alpha value is -3.53. The highest BCUT2D eigenvalue weighted by Gasteiger charge is 2.16. The van der Waals surface area contributed by atoms with E-state index >= 15 is 0 Å². The summed E-state index contributed by atoms with van der Waals surface area (Å²) in [6.07, 6.45) is 4.09. The van der Waals surface area contributed by atoms with E-state index in [0.717, 1.165) is 29.9 Å². The van der Waals surface area contributed by atoms with Crippen molar-refractivity contribution < 1.29 is 18.5 Å². The number of nitrogens with zero attached hydrogens (tertiary/aromatic N) is 3. The van der Waals surface area contributed by atoms with E-state index in [1.54, 1.807) is 24.3 Å². The van der Waals surface area contributed by atoms with E-state index in [9.17, 15) is 10.1 Å². The average Bonchev–Trinajstić information content (AvgIpc) is 3.42. The number of carbonyl (C=O) groups is 1. The summed E-state index contributed by atoms with van der Waals surface area (Å²) in [5.41, 5.74) is 3.30. The van der Waals surface area contributed by atoms with Crippen LogP contribution in [0, 0.1) is 25.2 Å². The fraction of sp³-hybridized carbons (Fsp3) is 0.286. The monoisotopic (exact) mass is 379 g/mol. The SMILES string of the molecule is CCCn1c(C)cc(/C=C(\C#N)C(=O)OCc2cc(-c3ccco3)on2)c1C. The first-order valence-corrected chi connectivity index (χ1v) is 8.98. The van der Waals surface area contributed by atoms with Crippen LogP contribution in [0.2, 0.25) is 0 Å². The summed E-state index contributed by atoms with van der Waals surface area (Å²) in [6.45, 7) is 6.87. The van der Waals surface area contributed by atoms with E-state index < -0.39 is 5.97 Å². The van der Waals surface area contributed by atoms with Gasteiger partial charge < -0.3 is 18.2 Å². The summed E-state index contributed by atoms with van der Waals surface area (Å²) in [5.74, 6) is 0.269. The number of aromatic nitrogens is 2. The molecular formula is C21H21N3O4. The van der Waals surface area contributed by atoms with Crippen LogP contribution in [0.25, 0.3) is 17.6 Å². The molecule has 7 nitrogen and oxygen atoms in total. The van der Waals surface area contributed by atoms with E-state index in [4.69, 9.17) is 13.7 Å². The number of carbonyl (C=O) groups excluding carboxylic acids is 1. The molecule has 7 heteroatoms. The molecule has 3 aromatic heterocycles. The molecule has 0 fully saturated rings. The Morgan fingerprint density at radius 2 is 2.18 bits per heavy atom.